The summed E-state index contributed by atoms with van der Waals surface area (Å²) in [5.74, 6) is -6.12. The Bertz CT molecular complexity index is 321. The van der Waals surface area contributed by atoms with Gasteiger partial charge in [0.25, 0.3) is 0 Å². The van der Waals surface area contributed by atoms with Crippen LogP contribution in [0.1, 0.15) is 0 Å². The number of carbonyl (C=O) groups excluding carboxylic acids is 4. The van der Waals surface area contributed by atoms with E-state index in [2.05, 4.69) is 0 Å². The fourth-order valence-corrected chi connectivity index (χ4v) is 1.44. The maximum atomic E-state index is 10.4. The van der Waals surface area contributed by atoms with Gasteiger partial charge in [-0.15, -0.1) is 0 Å². The Morgan fingerprint density at radius 2 is 0.762 bits per heavy atom. The molecule has 10 nitrogen and oxygen atoms in total. The fourth-order valence-electron chi connectivity index (χ4n) is 1.44. The summed E-state index contributed by atoms with van der Waals surface area (Å²) in [6, 6.07) is 0. The number of carboxylic acid groups (broad SMARTS) is 4. The van der Waals surface area contributed by atoms with Gasteiger partial charge in [-0.1, -0.05) is 0 Å². The first-order valence-electron chi connectivity index (χ1n) is 5.44. The third-order valence-electron chi connectivity index (χ3n) is 2.14. The minimum absolute atomic E-state index is 0. The molecule has 0 radical (unpaired) electrons. The molecular formula is C10H12MoN2O8. The average molecular weight is 384 g/mol. The Labute approximate surface area is 134 Å². The fraction of sp³-hybridized carbons (Fsp3) is 0.600. The Morgan fingerprint density at radius 3 is 0.905 bits per heavy atom. The summed E-state index contributed by atoms with van der Waals surface area (Å²) < 4.78 is 0. The molecule has 0 amide bonds. The molecule has 21 heavy (non-hydrogen) atoms. The SMILES string of the molecule is O=C([O-])CN(CCN(CC(=O)[O-])CC(=O)[O-])CC(=O)[O-].[Mo+4]. The van der Waals surface area contributed by atoms with Gasteiger partial charge in [0.1, 0.15) is 0 Å². The second-order valence-corrected chi connectivity index (χ2v) is 3.91. The van der Waals surface area contributed by atoms with E-state index >= 15 is 0 Å². The first-order chi connectivity index (χ1) is 9.20. The van der Waals surface area contributed by atoms with Gasteiger partial charge in [-0.25, -0.2) is 0 Å². The molecule has 0 aromatic rings. The summed E-state index contributed by atoms with van der Waals surface area (Å²) in [6.45, 7) is -3.25. The summed E-state index contributed by atoms with van der Waals surface area (Å²) in [5.41, 5.74) is 0. The van der Waals surface area contributed by atoms with Crippen LogP contribution in [0.3, 0.4) is 0 Å². The van der Waals surface area contributed by atoms with Crippen LogP contribution in [0.5, 0.6) is 0 Å². The van der Waals surface area contributed by atoms with E-state index in [0.29, 0.717) is 0 Å². The topological polar surface area (TPSA) is 167 Å². The standard InChI is InChI=1S/C10H16N2O8.Mo/c13-7(14)3-11(4-8(15)16)1-2-12(5-9(17)18)6-10(19)20;/h1-6H2,(H,13,14)(H,15,16)(H,17,18)(H,19,20);/q;+4/p-4. The molecule has 0 bridgehead atoms. The van der Waals surface area contributed by atoms with Crippen molar-refractivity contribution < 1.29 is 60.7 Å². The van der Waals surface area contributed by atoms with Crippen LogP contribution in [0.25, 0.3) is 0 Å². The summed E-state index contributed by atoms with van der Waals surface area (Å²) in [5, 5.41) is 41.6. The summed E-state index contributed by atoms with van der Waals surface area (Å²) in [4.78, 5) is 43.4. The smallest absolute Gasteiger partial charge is 0.549 e. The van der Waals surface area contributed by atoms with E-state index in [4.69, 9.17) is 0 Å². The molecule has 0 aliphatic carbocycles. The van der Waals surface area contributed by atoms with Crippen molar-refractivity contribution in [3.8, 4) is 0 Å². The second-order valence-electron chi connectivity index (χ2n) is 3.91. The monoisotopic (exact) mass is 386 g/mol. The van der Waals surface area contributed by atoms with Crippen LogP contribution in [0.4, 0.5) is 0 Å². The van der Waals surface area contributed by atoms with Crippen LogP contribution in [0.15, 0.2) is 0 Å². The zero-order chi connectivity index (χ0) is 15.7. The molecule has 0 aliphatic heterocycles. The molecule has 0 aromatic heterocycles. The number of hydrogen-bond acceptors (Lipinski definition) is 10. The van der Waals surface area contributed by atoms with Gasteiger partial charge >= 0.3 is 21.1 Å². The molecule has 0 fully saturated rings. The summed E-state index contributed by atoms with van der Waals surface area (Å²) in [6.07, 6.45) is 0. The number of aliphatic carboxylic acids is 4. The van der Waals surface area contributed by atoms with Crippen LogP contribution in [-0.4, -0.2) is 72.9 Å². The predicted molar refractivity (Wildman–Crippen MR) is 52.9 cm³/mol. The first kappa shape index (κ1) is 21.8. The van der Waals surface area contributed by atoms with E-state index in [1.54, 1.807) is 0 Å². The van der Waals surface area contributed by atoms with Crippen molar-refractivity contribution in [2.45, 2.75) is 0 Å². The first-order valence-corrected chi connectivity index (χ1v) is 5.44. The molecule has 116 valence electrons. The van der Waals surface area contributed by atoms with Crippen molar-refractivity contribution in [2.24, 2.45) is 0 Å². The van der Waals surface area contributed by atoms with Crippen molar-refractivity contribution in [2.75, 3.05) is 39.3 Å². The largest absolute Gasteiger partial charge is 4.00 e. The predicted octanol–water partition coefficient (Wildman–Crippen LogP) is -7.41. The third-order valence-corrected chi connectivity index (χ3v) is 2.14. The maximum Gasteiger partial charge on any atom is 4.00 e. The van der Waals surface area contributed by atoms with E-state index in [9.17, 15) is 39.6 Å². The molecule has 0 rings (SSSR count). The molecule has 0 N–H and O–H groups in total. The zero-order valence-electron chi connectivity index (χ0n) is 10.8. The van der Waals surface area contributed by atoms with Crippen LogP contribution in [0, 0.1) is 0 Å². The van der Waals surface area contributed by atoms with Gasteiger partial charge in [0.15, 0.2) is 0 Å². The minimum Gasteiger partial charge on any atom is -0.549 e. The van der Waals surface area contributed by atoms with Crippen LogP contribution in [0.2, 0.25) is 0 Å². The van der Waals surface area contributed by atoms with E-state index in [-0.39, 0.29) is 34.2 Å². The van der Waals surface area contributed by atoms with Crippen LogP contribution >= 0.6 is 0 Å². The van der Waals surface area contributed by atoms with Crippen LogP contribution < -0.4 is 20.4 Å². The molecule has 0 unspecified atom stereocenters. The van der Waals surface area contributed by atoms with E-state index < -0.39 is 50.1 Å². The Morgan fingerprint density at radius 1 is 0.571 bits per heavy atom. The van der Waals surface area contributed by atoms with Crippen molar-refractivity contribution in [1.29, 1.82) is 0 Å². The molecule has 0 saturated carbocycles. The normalized spacial score (nSPS) is 10.2. The third kappa shape index (κ3) is 13.2. The van der Waals surface area contributed by atoms with Gasteiger partial charge in [-0.2, -0.15) is 0 Å². The number of carbonyl (C=O) groups is 4. The van der Waals surface area contributed by atoms with E-state index in [1.807, 2.05) is 0 Å². The summed E-state index contributed by atoms with van der Waals surface area (Å²) in [7, 11) is 0. The van der Waals surface area contributed by atoms with Gasteiger partial charge < -0.3 is 39.6 Å². The van der Waals surface area contributed by atoms with E-state index in [0.717, 1.165) is 9.80 Å². The van der Waals surface area contributed by atoms with Gasteiger partial charge in [-0.3, -0.25) is 9.80 Å². The number of rotatable bonds is 11. The number of nitrogens with zero attached hydrogens (tertiary/aromatic N) is 2. The molecular weight excluding hydrogens is 372 g/mol. The van der Waals surface area contributed by atoms with Gasteiger partial charge in [-0.05, 0) is 0 Å². The zero-order valence-corrected chi connectivity index (χ0v) is 12.8. The van der Waals surface area contributed by atoms with Gasteiger partial charge in [0.2, 0.25) is 0 Å². The molecule has 0 aliphatic rings. The van der Waals surface area contributed by atoms with E-state index in [1.165, 1.54) is 0 Å². The van der Waals surface area contributed by atoms with Gasteiger partial charge in [0, 0.05) is 39.3 Å². The Balaban J connectivity index is 0. The van der Waals surface area contributed by atoms with Gasteiger partial charge in [0.05, 0.1) is 23.9 Å². The average Bonchev–Trinajstić information content (AvgIpc) is 2.22. The molecule has 0 saturated heterocycles. The van der Waals surface area contributed by atoms with Crippen LogP contribution in [-0.2, 0) is 40.2 Å². The quantitative estimate of drug-likeness (QED) is 0.312. The summed E-state index contributed by atoms with van der Waals surface area (Å²) >= 11 is 0. The van der Waals surface area contributed by atoms with Crippen molar-refractivity contribution in [1.82, 2.24) is 9.80 Å². The number of hydrogen-bond donors (Lipinski definition) is 0. The molecule has 0 heterocycles. The molecule has 0 atom stereocenters. The Kier molecular flexibility index (Phi) is 11.6. The van der Waals surface area contributed by atoms with Crippen molar-refractivity contribution in [3.63, 3.8) is 0 Å². The molecule has 0 spiro atoms. The number of carboxylic acids is 4. The minimum atomic E-state index is -1.53. The molecule has 0 aromatic carbocycles. The van der Waals surface area contributed by atoms with Crippen molar-refractivity contribution >= 4 is 23.9 Å². The molecule has 11 heteroatoms. The van der Waals surface area contributed by atoms with Crippen molar-refractivity contribution in [3.05, 3.63) is 0 Å². The second kappa shape index (κ2) is 11.2. The maximum absolute atomic E-state index is 10.4. The Hall–Kier alpha value is -1.51.